The van der Waals surface area contributed by atoms with Crippen molar-refractivity contribution in [1.29, 1.82) is 0 Å². The van der Waals surface area contributed by atoms with Crippen molar-refractivity contribution in [2.24, 2.45) is 0 Å². The van der Waals surface area contributed by atoms with Gasteiger partial charge in [0, 0.05) is 18.3 Å². The first-order valence-electron chi connectivity index (χ1n) is 7.46. The third kappa shape index (κ3) is 4.04. The van der Waals surface area contributed by atoms with Crippen LogP contribution in [0.5, 0.6) is 11.5 Å². The number of benzene rings is 2. The average Bonchev–Trinajstić information content (AvgIpc) is 2.61. The van der Waals surface area contributed by atoms with Gasteiger partial charge in [0.1, 0.15) is 17.1 Å². The number of ether oxygens (including phenoxy) is 2. The van der Waals surface area contributed by atoms with Gasteiger partial charge < -0.3 is 19.5 Å². The highest BCUT2D eigenvalue weighted by Gasteiger charge is 2.18. The van der Waals surface area contributed by atoms with Crippen molar-refractivity contribution in [3.05, 3.63) is 54.1 Å². The van der Waals surface area contributed by atoms with Gasteiger partial charge in [-0.05, 0) is 31.2 Å². The molecule has 2 rings (SSSR count). The van der Waals surface area contributed by atoms with Gasteiger partial charge in [-0.2, -0.15) is 0 Å². The molecule has 0 aliphatic carbocycles. The number of para-hydroxylation sites is 1. The van der Waals surface area contributed by atoms with Crippen molar-refractivity contribution in [2.75, 3.05) is 25.2 Å². The summed E-state index contributed by atoms with van der Waals surface area (Å²) in [5.74, 6) is -0.957. The molecule has 24 heavy (non-hydrogen) atoms. The number of anilines is 1. The molecule has 1 amide bonds. The Labute approximate surface area is 140 Å². The number of esters is 1. The minimum atomic E-state index is -0.771. The van der Waals surface area contributed by atoms with Crippen molar-refractivity contribution in [3.63, 3.8) is 0 Å². The molecule has 0 heterocycles. The van der Waals surface area contributed by atoms with E-state index in [2.05, 4.69) is 0 Å². The molecule has 126 valence electrons. The molecule has 1 N–H and O–H groups in total. The Morgan fingerprint density at radius 1 is 1.12 bits per heavy atom. The molecule has 6 heteroatoms. The van der Waals surface area contributed by atoms with Crippen LogP contribution in [0, 0.1) is 0 Å². The fourth-order valence-electron chi connectivity index (χ4n) is 2.20. The van der Waals surface area contributed by atoms with E-state index in [4.69, 9.17) is 9.47 Å². The fraction of sp³-hybridized carbons (Fsp3) is 0.222. The highest BCUT2D eigenvalue weighted by molar-refractivity contribution is 5.98. The third-order valence-electron chi connectivity index (χ3n) is 3.44. The van der Waals surface area contributed by atoms with Gasteiger partial charge in [-0.1, -0.05) is 18.2 Å². The molecule has 2 aromatic carbocycles. The van der Waals surface area contributed by atoms with Crippen LogP contribution in [-0.4, -0.2) is 37.2 Å². The molecular weight excluding hydrogens is 310 g/mol. The van der Waals surface area contributed by atoms with Gasteiger partial charge in [-0.3, -0.25) is 4.79 Å². The van der Waals surface area contributed by atoms with Crippen LogP contribution < -0.4 is 9.64 Å². The Balaban J connectivity index is 2.01. The zero-order chi connectivity index (χ0) is 17.5. The summed E-state index contributed by atoms with van der Waals surface area (Å²) in [7, 11) is 1.45. The van der Waals surface area contributed by atoms with E-state index in [0.29, 0.717) is 12.3 Å². The average molecular weight is 329 g/mol. The summed E-state index contributed by atoms with van der Waals surface area (Å²) >= 11 is 0. The minimum absolute atomic E-state index is 0.0219. The molecule has 0 fully saturated rings. The molecule has 0 aliphatic heterocycles. The van der Waals surface area contributed by atoms with Gasteiger partial charge >= 0.3 is 5.97 Å². The maximum atomic E-state index is 12.3. The zero-order valence-corrected chi connectivity index (χ0v) is 13.6. The number of likely N-dealkylation sites (N-methyl/N-ethyl adjacent to an activating group) is 1. The molecule has 0 radical (unpaired) electrons. The Bertz CT molecular complexity index is 715. The van der Waals surface area contributed by atoms with E-state index in [9.17, 15) is 14.7 Å². The Hall–Kier alpha value is -3.02. The SMILES string of the molecule is CCN(C(=O)COC(=O)c1ccc(OC)cc1O)c1ccccc1. The predicted octanol–water partition coefficient (Wildman–Crippen LogP) is 2.61. The Kier molecular flexibility index (Phi) is 5.78. The number of rotatable bonds is 6. The van der Waals surface area contributed by atoms with Crippen LogP contribution in [0.3, 0.4) is 0 Å². The topological polar surface area (TPSA) is 76.1 Å². The molecule has 0 bridgehead atoms. The van der Waals surface area contributed by atoms with Gasteiger partial charge in [-0.15, -0.1) is 0 Å². The summed E-state index contributed by atoms with van der Waals surface area (Å²) in [6.07, 6.45) is 0. The fourth-order valence-corrected chi connectivity index (χ4v) is 2.20. The molecule has 2 aromatic rings. The lowest BCUT2D eigenvalue weighted by Gasteiger charge is -2.20. The van der Waals surface area contributed by atoms with E-state index in [1.54, 1.807) is 12.1 Å². The van der Waals surface area contributed by atoms with Gasteiger partial charge in [0.2, 0.25) is 0 Å². The van der Waals surface area contributed by atoms with E-state index in [1.165, 1.54) is 30.2 Å². The van der Waals surface area contributed by atoms with Crippen LogP contribution in [0.1, 0.15) is 17.3 Å². The maximum Gasteiger partial charge on any atom is 0.342 e. The molecule has 6 nitrogen and oxygen atoms in total. The predicted molar refractivity (Wildman–Crippen MR) is 89.4 cm³/mol. The van der Waals surface area contributed by atoms with Gasteiger partial charge in [0.05, 0.1) is 7.11 Å². The first kappa shape index (κ1) is 17.3. The second-order valence-corrected chi connectivity index (χ2v) is 4.93. The second-order valence-electron chi connectivity index (χ2n) is 4.93. The normalized spacial score (nSPS) is 10.1. The largest absolute Gasteiger partial charge is 0.507 e. The number of hydrogen-bond acceptors (Lipinski definition) is 5. The number of amides is 1. The number of carbonyl (C=O) groups excluding carboxylic acids is 2. The molecule has 0 saturated carbocycles. The number of hydrogen-bond donors (Lipinski definition) is 1. The Morgan fingerprint density at radius 3 is 2.42 bits per heavy atom. The first-order valence-corrected chi connectivity index (χ1v) is 7.46. The van der Waals surface area contributed by atoms with Crippen molar-refractivity contribution in [3.8, 4) is 11.5 Å². The summed E-state index contributed by atoms with van der Waals surface area (Å²) < 4.78 is 9.97. The Morgan fingerprint density at radius 2 is 1.83 bits per heavy atom. The standard InChI is InChI=1S/C18H19NO5/c1-3-19(13-7-5-4-6-8-13)17(21)12-24-18(22)15-10-9-14(23-2)11-16(15)20/h4-11,20H,3,12H2,1-2H3. The van der Waals surface area contributed by atoms with Crippen LogP contribution in [0.2, 0.25) is 0 Å². The molecule has 0 aliphatic rings. The molecule has 0 spiro atoms. The third-order valence-corrected chi connectivity index (χ3v) is 3.44. The lowest BCUT2D eigenvalue weighted by atomic mass is 10.2. The second kappa shape index (κ2) is 8.01. The lowest BCUT2D eigenvalue weighted by molar-refractivity contribution is -0.121. The molecular formula is C18H19NO5. The van der Waals surface area contributed by atoms with Crippen LogP contribution in [0.25, 0.3) is 0 Å². The van der Waals surface area contributed by atoms with Crippen molar-refractivity contribution >= 4 is 17.6 Å². The molecule has 0 saturated heterocycles. The number of carbonyl (C=O) groups is 2. The van der Waals surface area contributed by atoms with Crippen molar-refractivity contribution in [1.82, 2.24) is 0 Å². The van der Waals surface area contributed by atoms with E-state index < -0.39 is 12.6 Å². The lowest BCUT2D eigenvalue weighted by Crippen LogP contribution is -2.34. The zero-order valence-electron chi connectivity index (χ0n) is 13.6. The first-order chi connectivity index (χ1) is 11.6. The smallest absolute Gasteiger partial charge is 0.342 e. The summed E-state index contributed by atoms with van der Waals surface area (Å²) in [4.78, 5) is 25.8. The van der Waals surface area contributed by atoms with Gasteiger partial charge in [-0.25, -0.2) is 4.79 Å². The summed E-state index contributed by atoms with van der Waals surface area (Å²) in [5.41, 5.74) is 0.708. The van der Waals surface area contributed by atoms with Crippen LogP contribution >= 0.6 is 0 Å². The number of phenols is 1. The summed E-state index contributed by atoms with van der Waals surface area (Å²) in [5, 5.41) is 9.82. The van der Waals surface area contributed by atoms with E-state index in [0.717, 1.165) is 5.69 Å². The van der Waals surface area contributed by atoms with E-state index in [1.807, 2.05) is 25.1 Å². The van der Waals surface area contributed by atoms with Crippen LogP contribution in [-0.2, 0) is 9.53 Å². The quantitative estimate of drug-likeness (QED) is 0.825. The number of nitrogens with zero attached hydrogens (tertiary/aromatic N) is 1. The van der Waals surface area contributed by atoms with E-state index >= 15 is 0 Å². The van der Waals surface area contributed by atoms with Crippen molar-refractivity contribution < 1.29 is 24.2 Å². The van der Waals surface area contributed by atoms with Gasteiger partial charge in [0.15, 0.2) is 6.61 Å². The van der Waals surface area contributed by atoms with Gasteiger partial charge in [0.25, 0.3) is 5.91 Å². The van der Waals surface area contributed by atoms with Crippen LogP contribution in [0.15, 0.2) is 48.5 Å². The monoisotopic (exact) mass is 329 g/mol. The molecule has 0 aromatic heterocycles. The minimum Gasteiger partial charge on any atom is -0.507 e. The molecule has 0 atom stereocenters. The number of methoxy groups -OCH3 is 1. The number of phenolic OH excluding ortho intramolecular Hbond substituents is 1. The highest BCUT2D eigenvalue weighted by atomic mass is 16.5. The summed E-state index contributed by atoms with van der Waals surface area (Å²) in [6, 6.07) is 13.3. The highest BCUT2D eigenvalue weighted by Crippen LogP contribution is 2.24. The number of aromatic hydroxyl groups is 1. The van der Waals surface area contributed by atoms with Crippen molar-refractivity contribution in [2.45, 2.75) is 6.92 Å². The maximum absolute atomic E-state index is 12.3. The summed E-state index contributed by atoms with van der Waals surface area (Å²) in [6.45, 7) is 1.88. The van der Waals surface area contributed by atoms with E-state index in [-0.39, 0.29) is 17.2 Å². The van der Waals surface area contributed by atoms with Crippen LogP contribution in [0.4, 0.5) is 5.69 Å². The molecule has 0 unspecified atom stereocenters.